The van der Waals surface area contributed by atoms with Crippen LogP contribution >= 0.6 is 0 Å². The molecule has 88 valence electrons. The zero-order valence-corrected chi connectivity index (χ0v) is 10.5. The van der Waals surface area contributed by atoms with E-state index in [1.807, 2.05) is 18.2 Å². The molecule has 0 nitrogen and oxygen atoms in total. The molecule has 0 aromatic heterocycles. The molecule has 1 heteroatoms. The smallest absolute Gasteiger partial charge is 0.126 e. The summed E-state index contributed by atoms with van der Waals surface area (Å²) in [5.74, 6) is 0.858. The highest BCUT2D eigenvalue weighted by Gasteiger charge is 2.08. The number of halogens is 1. The summed E-state index contributed by atoms with van der Waals surface area (Å²) in [5.41, 5.74) is 1.81. The first kappa shape index (κ1) is 13.0. The monoisotopic (exact) mass is 220 g/mol. The number of allylic oxidation sites excluding steroid dienone is 1. The lowest BCUT2D eigenvalue weighted by molar-refractivity contribution is 0.549. The summed E-state index contributed by atoms with van der Waals surface area (Å²) in [6, 6.07) is 5.55. The molecule has 0 N–H and O–H groups in total. The Kier molecular flexibility index (Phi) is 4.72. The van der Waals surface area contributed by atoms with Crippen molar-refractivity contribution in [2.75, 3.05) is 0 Å². The van der Waals surface area contributed by atoms with Crippen molar-refractivity contribution in [2.24, 2.45) is 5.92 Å². The lowest BCUT2D eigenvalue weighted by Crippen LogP contribution is -1.98. The summed E-state index contributed by atoms with van der Waals surface area (Å²) >= 11 is 0. The molecule has 0 heterocycles. The first-order valence-corrected chi connectivity index (χ1v) is 5.93. The van der Waals surface area contributed by atoms with Crippen LogP contribution in [0.4, 0.5) is 4.39 Å². The molecule has 0 fully saturated rings. The molecule has 0 bridgehead atoms. The maximum absolute atomic E-state index is 13.4. The Morgan fingerprint density at radius 1 is 1.31 bits per heavy atom. The second-order valence-corrected chi connectivity index (χ2v) is 4.70. The zero-order valence-electron chi connectivity index (χ0n) is 10.5. The van der Waals surface area contributed by atoms with E-state index in [9.17, 15) is 4.39 Å². The fourth-order valence-electron chi connectivity index (χ4n) is 1.71. The van der Waals surface area contributed by atoms with Gasteiger partial charge in [-0.1, -0.05) is 32.1 Å². The normalized spacial score (nSPS) is 14.5. The Morgan fingerprint density at radius 3 is 2.56 bits per heavy atom. The van der Waals surface area contributed by atoms with E-state index >= 15 is 0 Å². The van der Waals surface area contributed by atoms with Gasteiger partial charge in [0.05, 0.1) is 0 Å². The highest BCUT2D eigenvalue weighted by Crippen LogP contribution is 2.24. The molecule has 1 rings (SSSR count). The van der Waals surface area contributed by atoms with E-state index in [-0.39, 0.29) is 5.82 Å². The maximum atomic E-state index is 13.4. The van der Waals surface area contributed by atoms with E-state index in [0.717, 1.165) is 24.0 Å². The van der Waals surface area contributed by atoms with Crippen molar-refractivity contribution < 1.29 is 4.39 Å². The minimum Gasteiger partial charge on any atom is -0.207 e. The van der Waals surface area contributed by atoms with E-state index in [1.165, 1.54) is 0 Å². The summed E-state index contributed by atoms with van der Waals surface area (Å²) in [5, 5.41) is 0. The third-order valence-electron chi connectivity index (χ3n) is 3.22. The number of benzene rings is 1. The molecule has 0 aliphatic carbocycles. The number of rotatable bonds is 5. The highest BCUT2D eigenvalue weighted by atomic mass is 19.1. The Hall–Kier alpha value is -1.11. The summed E-state index contributed by atoms with van der Waals surface area (Å²) < 4.78 is 13.4. The first-order valence-electron chi connectivity index (χ1n) is 5.93. The predicted octanol–water partition coefficient (Wildman–Crippen LogP) is 4.84. The molecule has 0 radical (unpaired) electrons. The van der Waals surface area contributed by atoms with E-state index in [2.05, 4.69) is 20.4 Å². The molecule has 16 heavy (non-hydrogen) atoms. The van der Waals surface area contributed by atoms with Crippen LogP contribution in [0.5, 0.6) is 0 Å². The first-order chi connectivity index (χ1) is 7.54. The Morgan fingerprint density at radius 2 is 2.00 bits per heavy atom. The van der Waals surface area contributed by atoms with Crippen LogP contribution in [-0.4, -0.2) is 0 Å². The predicted molar refractivity (Wildman–Crippen MR) is 68.1 cm³/mol. The van der Waals surface area contributed by atoms with Gasteiger partial charge in [0.25, 0.3) is 0 Å². The molecule has 0 aliphatic heterocycles. The van der Waals surface area contributed by atoms with Crippen LogP contribution in [0, 0.1) is 18.7 Å². The molecule has 0 saturated heterocycles. The van der Waals surface area contributed by atoms with Crippen molar-refractivity contribution in [1.82, 2.24) is 0 Å². The molecule has 1 aromatic rings. The minimum absolute atomic E-state index is 0.0962. The van der Waals surface area contributed by atoms with Crippen molar-refractivity contribution in [3.05, 3.63) is 47.8 Å². The Bertz CT molecular complexity index is 354. The van der Waals surface area contributed by atoms with Gasteiger partial charge in [-0.25, -0.2) is 4.39 Å². The number of aryl methyl sites for hydroxylation is 1. The standard InChI is InChI=1S/C15H21F/c1-5-11(2)6-7-12(3)14-9-8-13(4)15(16)10-14/h5,8-12H,1,6-7H2,2-4H3. The fraction of sp³-hybridized carbons (Fsp3) is 0.467. The molecule has 2 atom stereocenters. The third kappa shape index (κ3) is 3.48. The van der Waals surface area contributed by atoms with Crippen LogP contribution < -0.4 is 0 Å². The van der Waals surface area contributed by atoms with Gasteiger partial charge in [-0.3, -0.25) is 0 Å². The molecule has 0 saturated carbocycles. The van der Waals surface area contributed by atoms with Gasteiger partial charge in [0.2, 0.25) is 0 Å². The van der Waals surface area contributed by atoms with Gasteiger partial charge in [0, 0.05) is 0 Å². The molecule has 1 aromatic carbocycles. The van der Waals surface area contributed by atoms with Crippen LogP contribution in [0.3, 0.4) is 0 Å². The SMILES string of the molecule is C=CC(C)CCC(C)c1ccc(C)c(F)c1. The van der Waals surface area contributed by atoms with Crippen LogP contribution in [0.15, 0.2) is 30.9 Å². The van der Waals surface area contributed by atoms with Gasteiger partial charge in [-0.2, -0.15) is 0 Å². The lowest BCUT2D eigenvalue weighted by atomic mass is 9.92. The van der Waals surface area contributed by atoms with Gasteiger partial charge in [0.15, 0.2) is 0 Å². The summed E-state index contributed by atoms with van der Waals surface area (Å²) in [7, 11) is 0. The van der Waals surface area contributed by atoms with Gasteiger partial charge in [-0.15, -0.1) is 6.58 Å². The Labute approximate surface area is 98.2 Å². The third-order valence-corrected chi connectivity index (χ3v) is 3.22. The summed E-state index contributed by atoms with van der Waals surface area (Å²) in [6.07, 6.45) is 4.16. The van der Waals surface area contributed by atoms with Gasteiger partial charge >= 0.3 is 0 Å². The van der Waals surface area contributed by atoms with Crippen molar-refractivity contribution in [2.45, 2.75) is 39.5 Å². The molecule has 0 aliphatic rings. The van der Waals surface area contributed by atoms with E-state index in [1.54, 1.807) is 13.0 Å². The molecule has 0 spiro atoms. The largest absolute Gasteiger partial charge is 0.207 e. The average molecular weight is 220 g/mol. The van der Waals surface area contributed by atoms with Crippen molar-refractivity contribution in [3.8, 4) is 0 Å². The van der Waals surface area contributed by atoms with Gasteiger partial charge < -0.3 is 0 Å². The van der Waals surface area contributed by atoms with Gasteiger partial charge in [0.1, 0.15) is 5.82 Å². The lowest BCUT2D eigenvalue weighted by Gasteiger charge is -2.14. The van der Waals surface area contributed by atoms with Crippen LogP contribution in [-0.2, 0) is 0 Å². The quantitative estimate of drug-likeness (QED) is 0.623. The second kappa shape index (κ2) is 5.83. The second-order valence-electron chi connectivity index (χ2n) is 4.70. The highest BCUT2D eigenvalue weighted by molar-refractivity contribution is 5.25. The maximum Gasteiger partial charge on any atom is 0.126 e. The topological polar surface area (TPSA) is 0 Å². The molecule has 2 unspecified atom stereocenters. The van der Waals surface area contributed by atoms with Crippen molar-refractivity contribution >= 4 is 0 Å². The molecular weight excluding hydrogens is 199 g/mol. The number of hydrogen-bond donors (Lipinski definition) is 0. The molecule has 0 amide bonds. The van der Waals surface area contributed by atoms with Crippen molar-refractivity contribution in [3.63, 3.8) is 0 Å². The molecular formula is C15H21F. The van der Waals surface area contributed by atoms with E-state index < -0.39 is 0 Å². The minimum atomic E-state index is -0.0962. The van der Waals surface area contributed by atoms with Crippen LogP contribution in [0.25, 0.3) is 0 Å². The van der Waals surface area contributed by atoms with E-state index in [4.69, 9.17) is 0 Å². The van der Waals surface area contributed by atoms with E-state index in [0.29, 0.717) is 11.8 Å². The number of hydrogen-bond acceptors (Lipinski definition) is 0. The summed E-state index contributed by atoms with van der Waals surface area (Å²) in [4.78, 5) is 0. The average Bonchev–Trinajstić information content (AvgIpc) is 2.29. The van der Waals surface area contributed by atoms with Gasteiger partial charge in [-0.05, 0) is 48.8 Å². The zero-order chi connectivity index (χ0) is 12.1. The fourth-order valence-corrected chi connectivity index (χ4v) is 1.71. The van der Waals surface area contributed by atoms with Crippen LogP contribution in [0.1, 0.15) is 43.7 Å². The summed E-state index contributed by atoms with van der Waals surface area (Å²) in [6.45, 7) is 9.89. The Balaban J connectivity index is 2.62. The van der Waals surface area contributed by atoms with Crippen molar-refractivity contribution in [1.29, 1.82) is 0 Å². The van der Waals surface area contributed by atoms with Crippen LogP contribution in [0.2, 0.25) is 0 Å².